The highest BCUT2D eigenvalue weighted by atomic mass is 32.1. The maximum Gasteiger partial charge on any atom is 0.341 e. The molecular weight excluding hydrogens is 398 g/mol. The smallest absolute Gasteiger partial charge is 0.341 e. The van der Waals surface area contributed by atoms with Crippen molar-refractivity contribution >= 4 is 28.5 Å². The van der Waals surface area contributed by atoms with Gasteiger partial charge in [0.05, 0.1) is 23.4 Å². The van der Waals surface area contributed by atoms with E-state index in [4.69, 9.17) is 4.74 Å². The summed E-state index contributed by atoms with van der Waals surface area (Å²) in [6, 6.07) is 7.74. The van der Waals surface area contributed by atoms with E-state index in [0.717, 1.165) is 48.2 Å². The highest BCUT2D eigenvalue weighted by Crippen LogP contribution is 2.40. The van der Waals surface area contributed by atoms with Gasteiger partial charge in [-0.1, -0.05) is 17.7 Å². The summed E-state index contributed by atoms with van der Waals surface area (Å²) in [5.74, 6) is -0.327. The van der Waals surface area contributed by atoms with E-state index in [2.05, 4.69) is 10.1 Å². The van der Waals surface area contributed by atoms with Gasteiger partial charge in [-0.15, -0.1) is 11.3 Å². The van der Waals surface area contributed by atoms with E-state index in [1.54, 1.807) is 13.1 Å². The Bertz CT molecular complexity index is 1170. The summed E-state index contributed by atoms with van der Waals surface area (Å²) in [5, 5.41) is 3.74. The summed E-state index contributed by atoms with van der Waals surface area (Å²) in [6.07, 6.45) is 5.59. The monoisotopic (exact) mass is 423 g/mol. The second-order valence-electron chi connectivity index (χ2n) is 7.50. The zero-order valence-electron chi connectivity index (χ0n) is 17.4. The maximum atomic E-state index is 13.0. The number of aliphatic imine (C=N–C) groups is 1. The number of benzene rings is 1. The number of nitrogens with one attached hydrogen (secondary N) is 1. The van der Waals surface area contributed by atoms with Crippen molar-refractivity contribution in [2.75, 3.05) is 6.61 Å². The van der Waals surface area contributed by atoms with Crippen molar-refractivity contribution in [2.45, 2.75) is 46.5 Å². The quantitative estimate of drug-likeness (QED) is 0.479. The second-order valence-corrected chi connectivity index (χ2v) is 8.58. The van der Waals surface area contributed by atoms with E-state index in [0.29, 0.717) is 22.7 Å². The third kappa shape index (κ3) is 3.77. The summed E-state index contributed by atoms with van der Waals surface area (Å²) in [4.78, 5) is 31.4. The van der Waals surface area contributed by atoms with E-state index in [1.165, 1.54) is 20.9 Å². The molecule has 1 N–H and O–H groups in total. The minimum Gasteiger partial charge on any atom is -0.462 e. The molecule has 1 aromatic carbocycles. The number of aryl methyl sites for hydroxylation is 3. The van der Waals surface area contributed by atoms with Crippen molar-refractivity contribution in [1.29, 1.82) is 0 Å². The van der Waals surface area contributed by atoms with Crippen LogP contribution in [0.3, 0.4) is 0 Å². The lowest BCUT2D eigenvalue weighted by molar-refractivity contribution is 0.0526. The number of carbonyl (C=O) groups excluding carboxylic acids is 1. The van der Waals surface area contributed by atoms with Gasteiger partial charge in [0.2, 0.25) is 0 Å². The molecular formula is C23H25N3O3S. The maximum absolute atomic E-state index is 13.0. The molecule has 3 aromatic rings. The molecule has 0 unspecified atom stereocenters. The topological polar surface area (TPSA) is 76.4 Å². The molecule has 156 valence electrons. The van der Waals surface area contributed by atoms with Gasteiger partial charge in [0.1, 0.15) is 5.00 Å². The lowest BCUT2D eigenvalue weighted by Crippen LogP contribution is -2.17. The molecule has 30 heavy (non-hydrogen) atoms. The molecule has 0 saturated carbocycles. The van der Waals surface area contributed by atoms with Gasteiger partial charge in [-0.3, -0.25) is 9.89 Å². The van der Waals surface area contributed by atoms with Crippen LogP contribution in [-0.4, -0.2) is 28.6 Å². The highest BCUT2D eigenvalue weighted by Gasteiger charge is 2.26. The molecule has 1 aliphatic carbocycles. The number of carbonyl (C=O) groups is 1. The highest BCUT2D eigenvalue weighted by molar-refractivity contribution is 7.16. The van der Waals surface area contributed by atoms with Crippen molar-refractivity contribution in [1.82, 2.24) is 9.78 Å². The normalized spacial score (nSPS) is 13.6. The third-order valence-electron chi connectivity index (χ3n) is 5.35. The van der Waals surface area contributed by atoms with Crippen LogP contribution >= 0.6 is 11.3 Å². The van der Waals surface area contributed by atoms with Crippen LogP contribution in [0.2, 0.25) is 0 Å². The van der Waals surface area contributed by atoms with Gasteiger partial charge in [-0.25, -0.2) is 14.5 Å². The van der Waals surface area contributed by atoms with Crippen LogP contribution in [0, 0.1) is 13.8 Å². The predicted molar refractivity (Wildman–Crippen MR) is 120 cm³/mol. The number of hydrogen-bond donors (Lipinski definition) is 1. The standard InChI is InChI=1S/C23H25N3O3S/c1-4-29-23(28)20-17-7-5-6-8-19(17)30-21(20)24-13-18-15(3)25-26(22(18)27)16-11-9-14(2)10-12-16/h9-13,25H,4-8H2,1-3H3/b24-13+. The number of aromatic nitrogens is 2. The molecule has 0 bridgehead atoms. The van der Waals surface area contributed by atoms with Gasteiger partial charge < -0.3 is 4.74 Å². The summed E-state index contributed by atoms with van der Waals surface area (Å²) >= 11 is 1.53. The zero-order chi connectivity index (χ0) is 21.3. The van der Waals surface area contributed by atoms with E-state index in [9.17, 15) is 9.59 Å². The largest absolute Gasteiger partial charge is 0.462 e. The van der Waals surface area contributed by atoms with Crippen molar-refractivity contribution in [2.24, 2.45) is 4.99 Å². The molecule has 7 heteroatoms. The van der Waals surface area contributed by atoms with Crippen LogP contribution in [0.4, 0.5) is 5.00 Å². The summed E-state index contributed by atoms with van der Waals surface area (Å²) < 4.78 is 6.80. The average molecular weight is 424 g/mol. The molecule has 0 radical (unpaired) electrons. The Morgan fingerprint density at radius 2 is 1.97 bits per heavy atom. The predicted octanol–water partition coefficient (Wildman–Crippen LogP) is 4.65. The summed E-state index contributed by atoms with van der Waals surface area (Å²) in [6.45, 7) is 5.98. The number of nitrogens with zero attached hydrogens (tertiary/aromatic N) is 2. The second kappa shape index (κ2) is 8.44. The van der Waals surface area contributed by atoms with Crippen molar-refractivity contribution < 1.29 is 9.53 Å². The fraction of sp³-hybridized carbons (Fsp3) is 0.348. The van der Waals surface area contributed by atoms with Crippen LogP contribution in [0.5, 0.6) is 0 Å². The van der Waals surface area contributed by atoms with Crippen LogP contribution < -0.4 is 5.56 Å². The Hall–Kier alpha value is -2.93. The molecule has 4 rings (SSSR count). The number of ether oxygens (including phenoxy) is 1. The molecule has 2 heterocycles. The van der Waals surface area contributed by atoms with Gasteiger partial charge >= 0.3 is 5.97 Å². The Morgan fingerprint density at radius 3 is 2.70 bits per heavy atom. The minimum absolute atomic E-state index is 0.167. The molecule has 6 nitrogen and oxygen atoms in total. The van der Waals surface area contributed by atoms with Crippen molar-refractivity contribution in [3.63, 3.8) is 0 Å². The number of hydrogen-bond acceptors (Lipinski definition) is 5. The Morgan fingerprint density at radius 1 is 1.23 bits per heavy atom. The molecule has 0 amide bonds. The molecule has 0 spiro atoms. The van der Waals surface area contributed by atoms with Gasteiger partial charge in [0.25, 0.3) is 5.56 Å². The number of thiophene rings is 1. The first-order valence-electron chi connectivity index (χ1n) is 10.2. The van der Waals surface area contributed by atoms with E-state index in [-0.39, 0.29) is 11.5 Å². The first-order valence-corrected chi connectivity index (χ1v) is 11.1. The first kappa shape index (κ1) is 20.3. The minimum atomic E-state index is -0.327. The van der Waals surface area contributed by atoms with Gasteiger partial charge in [-0.05, 0) is 64.2 Å². The molecule has 1 aliphatic rings. The zero-order valence-corrected chi connectivity index (χ0v) is 18.3. The molecule has 0 aliphatic heterocycles. The Kier molecular flexibility index (Phi) is 5.72. The average Bonchev–Trinajstić information content (AvgIpc) is 3.24. The molecule has 0 atom stereocenters. The van der Waals surface area contributed by atoms with Crippen molar-refractivity contribution in [3.05, 3.63) is 67.4 Å². The number of aromatic amines is 1. The Balaban J connectivity index is 1.73. The lowest BCUT2D eigenvalue weighted by Gasteiger charge is -2.11. The van der Waals surface area contributed by atoms with E-state index >= 15 is 0 Å². The fourth-order valence-electron chi connectivity index (χ4n) is 3.77. The van der Waals surface area contributed by atoms with Crippen molar-refractivity contribution in [3.8, 4) is 5.69 Å². The SMILES string of the molecule is CCOC(=O)c1c(/N=C/c2c(C)[nH]n(-c3ccc(C)cc3)c2=O)sc2c1CCCC2. The number of esters is 1. The molecule has 2 aromatic heterocycles. The number of rotatable bonds is 5. The first-order chi connectivity index (χ1) is 14.5. The van der Waals surface area contributed by atoms with Gasteiger partial charge in [0.15, 0.2) is 0 Å². The molecule has 0 fully saturated rings. The lowest BCUT2D eigenvalue weighted by atomic mass is 9.95. The Labute approximate surface area is 179 Å². The molecule has 0 saturated heterocycles. The van der Waals surface area contributed by atoms with E-state index < -0.39 is 0 Å². The van der Waals surface area contributed by atoms with Crippen LogP contribution in [-0.2, 0) is 17.6 Å². The fourth-order valence-corrected chi connectivity index (χ4v) is 4.99. The van der Waals surface area contributed by atoms with Gasteiger partial charge in [-0.2, -0.15) is 0 Å². The van der Waals surface area contributed by atoms with Crippen LogP contribution in [0.25, 0.3) is 5.69 Å². The summed E-state index contributed by atoms with van der Waals surface area (Å²) in [7, 11) is 0. The third-order valence-corrected chi connectivity index (χ3v) is 6.55. The number of H-pyrrole nitrogens is 1. The van der Waals surface area contributed by atoms with Crippen LogP contribution in [0.1, 0.15) is 57.4 Å². The van der Waals surface area contributed by atoms with E-state index in [1.807, 2.05) is 38.1 Å². The summed E-state index contributed by atoms with van der Waals surface area (Å²) in [5.41, 5.74) is 4.58. The number of fused-ring (bicyclic) bond motifs is 1. The van der Waals surface area contributed by atoms with Gasteiger partial charge in [0, 0.05) is 16.8 Å². The van der Waals surface area contributed by atoms with Crippen LogP contribution in [0.15, 0.2) is 34.1 Å².